The van der Waals surface area contributed by atoms with E-state index in [9.17, 15) is 4.79 Å². The van der Waals surface area contributed by atoms with Crippen LogP contribution in [0.4, 0.5) is 0 Å². The topological polar surface area (TPSA) is 61.5 Å². The van der Waals surface area contributed by atoms with Gasteiger partial charge in [0.15, 0.2) is 5.78 Å². The first-order chi connectivity index (χ1) is 15.7. The third-order valence-corrected chi connectivity index (χ3v) is 5.96. The maximum absolute atomic E-state index is 12.2. The van der Waals surface area contributed by atoms with Crippen LogP contribution in [0, 0.1) is 0 Å². The summed E-state index contributed by atoms with van der Waals surface area (Å²) in [7, 11) is 0. The smallest absolute Gasteiger partial charge is 0.180 e. The highest BCUT2D eigenvalue weighted by Gasteiger charge is 2.13. The van der Waals surface area contributed by atoms with Crippen LogP contribution in [0.2, 0.25) is 0 Å². The number of carbonyl (C=O) groups excluding carboxylic acids is 1. The van der Waals surface area contributed by atoms with Gasteiger partial charge in [-0.15, -0.1) is 0 Å². The summed E-state index contributed by atoms with van der Waals surface area (Å²) in [5.41, 5.74) is 6.15. The van der Waals surface area contributed by atoms with E-state index >= 15 is 0 Å². The lowest BCUT2D eigenvalue weighted by Crippen LogP contribution is -2.15. The van der Waals surface area contributed by atoms with Crippen LogP contribution in [0.25, 0.3) is 0 Å². The van der Waals surface area contributed by atoms with Crippen LogP contribution in [0.1, 0.15) is 127 Å². The Kier molecular flexibility index (Phi) is 17.9. The Morgan fingerprint density at radius 2 is 1.16 bits per heavy atom. The van der Waals surface area contributed by atoms with E-state index in [2.05, 4.69) is 13.8 Å². The van der Waals surface area contributed by atoms with Crippen LogP contribution in [-0.2, 0) is 0 Å². The number of benzene rings is 1. The van der Waals surface area contributed by atoms with E-state index in [1.807, 2.05) is 12.1 Å². The molecule has 0 bridgehead atoms. The van der Waals surface area contributed by atoms with Gasteiger partial charge in [0.2, 0.25) is 0 Å². The van der Waals surface area contributed by atoms with Crippen LogP contribution < -0.4 is 15.2 Å². The molecule has 0 aliphatic heterocycles. The molecule has 0 aliphatic rings. The second-order valence-corrected chi connectivity index (χ2v) is 8.93. The van der Waals surface area contributed by atoms with Gasteiger partial charge in [0.25, 0.3) is 0 Å². The molecule has 0 aliphatic carbocycles. The number of hydrogen-bond donors (Lipinski definition) is 1. The molecule has 4 nitrogen and oxygen atoms in total. The molecule has 1 aromatic rings. The number of rotatable bonds is 22. The minimum Gasteiger partial charge on any atom is -0.493 e. The number of nitrogens with two attached hydrogens (primary N) is 1. The zero-order chi connectivity index (χ0) is 23.3. The summed E-state index contributed by atoms with van der Waals surface area (Å²) in [5, 5.41) is 0. The van der Waals surface area contributed by atoms with Crippen LogP contribution >= 0.6 is 0 Å². The second-order valence-electron chi connectivity index (χ2n) is 8.93. The Hall–Kier alpha value is -1.55. The normalized spacial score (nSPS) is 11.0. The fourth-order valence-corrected chi connectivity index (χ4v) is 3.90. The van der Waals surface area contributed by atoms with Crippen LogP contribution in [0.3, 0.4) is 0 Å². The summed E-state index contributed by atoms with van der Waals surface area (Å²) in [5.74, 6) is 1.29. The van der Waals surface area contributed by atoms with Crippen LogP contribution in [-0.4, -0.2) is 25.5 Å². The molecule has 0 unspecified atom stereocenters. The standard InChI is InChI=1S/C28H49NO3/c1-3-5-7-9-11-13-15-17-21-31-25-19-20-26(27(30)24-29)28(23-25)32-22-18-16-14-12-10-8-6-4-2/h19-20,23H,3-18,21-22,24,29H2,1-2H3. The minimum absolute atomic E-state index is 0.00736. The highest BCUT2D eigenvalue weighted by atomic mass is 16.5. The van der Waals surface area contributed by atoms with Crippen molar-refractivity contribution in [3.05, 3.63) is 23.8 Å². The molecule has 0 amide bonds. The third kappa shape index (κ3) is 13.8. The monoisotopic (exact) mass is 447 g/mol. The van der Waals surface area contributed by atoms with Gasteiger partial charge in [-0.05, 0) is 25.0 Å². The highest BCUT2D eigenvalue weighted by Crippen LogP contribution is 2.26. The third-order valence-electron chi connectivity index (χ3n) is 5.96. The molecule has 0 fully saturated rings. The average molecular weight is 448 g/mol. The first kappa shape index (κ1) is 28.5. The lowest BCUT2D eigenvalue weighted by atomic mass is 10.1. The predicted molar refractivity (Wildman–Crippen MR) is 136 cm³/mol. The summed E-state index contributed by atoms with van der Waals surface area (Å²) >= 11 is 0. The van der Waals surface area contributed by atoms with Crippen molar-refractivity contribution in [1.29, 1.82) is 0 Å². The fraction of sp³-hybridized carbons (Fsp3) is 0.750. The molecule has 2 N–H and O–H groups in total. The van der Waals surface area contributed by atoms with E-state index in [0.29, 0.717) is 24.5 Å². The maximum atomic E-state index is 12.2. The van der Waals surface area contributed by atoms with E-state index < -0.39 is 0 Å². The molecular weight excluding hydrogens is 398 g/mol. The molecule has 0 spiro atoms. The molecule has 0 aromatic heterocycles. The van der Waals surface area contributed by atoms with Crippen molar-refractivity contribution in [2.24, 2.45) is 5.73 Å². The first-order valence-corrected chi connectivity index (χ1v) is 13.4. The van der Waals surface area contributed by atoms with Gasteiger partial charge in [-0.1, -0.05) is 104 Å². The number of carbonyl (C=O) groups is 1. The Morgan fingerprint density at radius 1 is 0.688 bits per heavy atom. The fourth-order valence-electron chi connectivity index (χ4n) is 3.90. The second kappa shape index (κ2) is 20.1. The molecule has 0 saturated heterocycles. The molecule has 0 atom stereocenters. The van der Waals surface area contributed by atoms with E-state index in [4.69, 9.17) is 15.2 Å². The number of Topliss-reactive ketones (excluding diaryl/α,β-unsaturated/α-hetero) is 1. The molecule has 32 heavy (non-hydrogen) atoms. The number of ketones is 1. The molecule has 0 radical (unpaired) electrons. The summed E-state index contributed by atoms with van der Waals surface area (Å²) in [6.07, 6.45) is 20.3. The van der Waals surface area contributed by atoms with E-state index in [0.717, 1.165) is 18.6 Å². The van der Waals surface area contributed by atoms with Crippen molar-refractivity contribution in [1.82, 2.24) is 0 Å². The molecular formula is C28H49NO3. The summed E-state index contributed by atoms with van der Waals surface area (Å²) < 4.78 is 11.9. The minimum atomic E-state index is -0.0921. The van der Waals surface area contributed by atoms with Crippen molar-refractivity contribution >= 4 is 5.78 Å². The maximum Gasteiger partial charge on any atom is 0.180 e. The van der Waals surface area contributed by atoms with Crippen LogP contribution in [0.15, 0.2) is 18.2 Å². The van der Waals surface area contributed by atoms with Crippen molar-refractivity contribution in [2.45, 2.75) is 117 Å². The van der Waals surface area contributed by atoms with Gasteiger partial charge in [-0.3, -0.25) is 4.79 Å². The van der Waals surface area contributed by atoms with Crippen molar-refractivity contribution in [3.8, 4) is 11.5 Å². The number of unbranched alkanes of at least 4 members (excludes halogenated alkanes) is 14. The van der Waals surface area contributed by atoms with Crippen molar-refractivity contribution < 1.29 is 14.3 Å². The number of ether oxygens (including phenoxy) is 2. The highest BCUT2D eigenvalue weighted by molar-refractivity contribution is 6.00. The van der Waals surface area contributed by atoms with E-state index in [-0.39, 0.29) is 12.3 Å². The largest absolute Gasteiger partial charge is 0.493 e. The quantitative estimate of drug-likeness (QED) is 0.145. The van der Waals surface area contributed by atoms with Gasteiger partial charge >= 0.3 is 0 Å². The Bertz CT molecular complexity index is 588. The lowest BCUT2D eigenvalue weighted by Gasteiger charge is -2.13. The van der Waals surface area contributed by atoms with Gasteiger partial charge in [0.05, 0.1) is 25.3 Å². The molecule has 1 rings (SSSR count). The SMILES string of the molecule is CCCCCCCCCCOc1ccc(C(=O)CN)c(OCCCCCCCCCC)c1. The Balaban J connectivity index is 2.33. The zero-order valence-corrected chi connectivity index (χ0v) is 21.0. The molecule has 1 aromatic carbocycles. The van der Waals surface area contributed by atoms with E-state index in [1.54, 1.807) is 6.07 Å². The predicted octanol–water partition coefficient (Wildman–Crippen LogP) is 7.87. The molecule has 0 heterocycles. The van der Waals surface area contributed by atoms with Gasteiger partial charge in [-0.2, -0.15) is 0 Å². The number of hydrogen-bond acceptors (Lipinski definition) is 4. The molecule has 184 valence electrons. The van der Waals surface area contributed by atoms with Gasteiger partial charge in [-0.25, -0.2) is 0 Å². The Morgan fingerprint density at radius 3 is 1.66 bits per heavy atom. The summed E-state index contributed by atoms with van der Waals surface area (Å²) in [4.78, 5) is 12.2. The molecule has 0 saturated carbocycles. The van der Waals surface area contributed by atoms with Crippen LogP contribution in [0.5, 0.6) is 11.5 Å². The average Bonchev–Trinajstić information content (AvgIpc) is 2.81. The van der Waals surface area contributed by atoms with E-state index in [1.165, 1.54) is 89.9 Å². The van der Waals surface area contributed by atoms with Gasteiger partial charge in [0.1, 0.15) is 11.5 Å². The summed E-state index contributed by atoms with van der Waals surface area (Å²) in [6, 6.07) is 5.51. The van der Waals surface area contributed by atoms with Crippen molar-refractivity contribution in [2.75, 3.05) is 19.8 Å². The summed E-state index contributed by atoms with van der Waals surface area (Å²) in [6.45, 7) is 5.82. The molecule has 4 heteroatoms. The lowest BCUT2D eigenvalue weighted by molar-refractivity contribution is 0.0997. The first-order valence-electron chi connectivity index (χ1n) is 13.4. The van der Waals surface area contributed by atoms with Crippen molar-refractivity contribution in [3.63, 3.8) is 0 Å². The Labute approximate surface area is 197 Å². The van der Waals surface area contributed by atoms with Gasteiger partial charge < -0.3 is 15.2 Å². The zero-order valence-electron chi connectivity index (χ0n) is 21.0. The van der Waals surface area contributed by atoms with Gasteiger partial charge in [0, 0.05) is 6.07 Å².